The van der Waals surface area contributed by atoms with E-state index in [0.717, 1.165) is 11.1 Å². The first kappa shape index (κ1) is 17.0. The number of H-pyrrole nitrogens is 1. The predicted octanol–water partition coefficient (Wildman–Crippen LogP) is 3.46. The first-order valence-electron chi connectivity index (χ1n) is 7.07. The maximum atomic E-state index is 12.3. The standard InChI is InChI=1S/C15H13Cl2N5OS/c1-8(24-15-12-13(20-6-19-12)21-7-22-15)14(23)18-5-9-2-3-10(16)11(17)4-9/h2-4,6-8H,5H2,1H3,(H,18,23)(H,19,20,21,22)/t8-/m1/s1. The van der Waals surface area contributed by atoms with Crippen molar-refractivity contribution in [3.8, 4) is 0 Å². The van der Waals surface area contributed by atoms with Gasteiger partial charge in [-0.05, 0) is 24.6 Å². The minimum absolute atomic E-state index is 0.0997. The van der Waals surface area contributed by atoms with Gasteiger partial charge in [0.1, 0.15) is 16.9 Å². The minimum Gasteiger partial charge on any atom is -0.351 e. The van der Waals surface area contributed by atoms with Crippen molar-refractivity contribution in [2.24, 2.45) is 0 Å². The second kappa shape index (κ2) is 7.38. The van der Waals surface area contributed by atoms with Gasteiger partial charge in [0.05, 0.1) is 21.6 Å². The Hall–Kier alpha value is -1.83. The third kappa shape index (κ3) is 3.80. The van der Waals surface area contributed by atoms with E-state index in [0.29, 0.717) is 27.3 Å². The molecule has 1 atom stereocenters. The molecule has 0 saturated heterocycles. The van der Waals surface area contributed by atoms with Crippen molar-refractivity contribution in [1.82, 2.24) is 25.3 Å². The zero-order valence-electron chi connectivity index (χ0n) is 12.6. The molecule has 2 N–H and O–H groups in total. The van der Waals surface area contributed by atoms with Crippen LogP contribution in [0.1, 0.15) is 12.5 Å². The molecule has 0 aliphatic heterocycles. The Labute approximate surface area is 152 Å². The van der Waals surface area contributed by atoms with E-state index in [9.17, 15) is 4.79 Å². The third-order valence-corrected chi connectivity index (χ3v) is 5.14. The lowest BCUT2D eigenvalue weighted by molar-refractivity contribution is -0.120. The van der Waals surface area contributed by atoms with Gasteiger partial charge < -0.3 is 10.3 Å². The highest BCUT2D eigenvalue weighted by Crippen LogP contribution is 2.26. The molecule has 3 aromatic rings. The number of aromatic nitrogens is 4. The van der Waals surface area contributed by atoms with Crippen molar-refractivity contribution >= 4 is 52.0 Å². The van der Waals surface area contributed by atoms with Gasteiger partial charge >= 0.3 is 0 Å². The van der Waals surface area contributed by atoms with Gasteiger partial charge in [-0.1, -0.05) is 41.0 Å². The zero-order valence-corrected chi connectivity index (χ0v) is 14.9. The summed E-state index contributed by atoms with van der Waals surface area (Å²) in [5.41, 5.74) is 2.19. The van der Waals surface area contributed by atoms with Crippen molar-refractivity contribution in [3.05, 3.63) is 46.5 Å². The summed E-state index contributed by atoms with van der Waals surface area (Å²) in [5.74, 6) is -0.0997. The fourth-order valence-electron chi connectivity index (χ4n) is 2.04. The number of halogens is 2. The highest BCUT2D eigenvalue weighted by Gasteiger charge is 2.17. The Morgan fingerprint density at radius 2 is 2.12 bits per heavy atom. The van der Waals surface area contributed by atoms with Crippen LogP contribution in [0.15, 0.2) is 35.9 Å². The predicted molar refractivity (Wildman–Crippen MR) is 95.3 cm³/mol. The fourth-order valence-corrected chi connectivity index (χ4v) is 3.26. The summed E-state index contributed by atoms with van der Waals surface area (Å²) in [6.07, 6.45) is 2.99. The third-order valence-electron chi connectivity index (χ3n) is 3.30. The largest absolute Gasteiger partial charge is 0.351 e. The van der Waals surface area contributed by atoms with Crippen LogP contribution >= 0.6 is 35.0 Å². The van der Waals surface area contributed by atoms with Gasteiger partial charge in [0.25, 0.3) is 0 Å². The molecule has 1 aromatic carbocycles. The molecule has 0 spiro atoms. The molecule has 0 aliphatic rings. The van der Waals surface area contributed by atoms with Crippen LogP contribution in [0.4, 0.5) is 0 Å². The number of amides is 1. The van der Waals surface area contributed by atoms with Crippen LogP contribution in [0.5, 0.6) is 0 Å². The van der Waals surface area contributed by atoms with Crippen LogP contribution in [0.3, 0.4) is 0 Å². The summed E-state index contributed by atoms with van der Waals surface area (Å²) < 4.78 is 0. The van der Waals surface area contributed by atoms with E-state index in [1.54, 1.807) is 18.5 Å². The van der Waals surface area contributed by atoms with E-state index in [-0.39, 0.29) is 11.2 Å². The van der Waals surface area contributed by atoms with Crippen molar-refractivity contribution in [1.29, 1.82) is 0 Å². The molecule has 9 heteroatoms. The van der Waals surface area contributed by atoms with Gasteiger partial charge in [0.15, 0.2) is 5.65 Å². The number of imidazole rings is 1. The average Bonchev–Trinajstić information content (AvgIpc) is 3.05. The topological polar surface area (TPSA) is 83.6 Å². The number of hydrogen-bond donors (Lipinski definition) is 2. The van der Waals surface area contributed by atoms with E-state index in [2.05, 4.69) is 25.3 Å². The summed E-state index contributed by atoms with van der Waals surface area (Å²) >= 11 is 13.2. The first-order valence-corrected chi connectivity index (χ1v) is 8.70. The smallest absolute Gasteiger partial charge is 0.233 e. The van der Waals surface area contributed by atoms with Gasteiger partial charge in [-0.25, -0.2) is 15.0 Å². The maximum Gasteiger partial charge on any atom is 0.233 e. The molecule has 2 aromatic heterocycles. The number of fused-ring (bicyclic) bond motifs is 1. The Morgan fingerprint density at radius 1 is 1.29 bits per heavy atom. The van der Waals surface area contributed by atoms with Crippen LogP contribution in [0.2, 0.25) is 10.0 Å². The number of aromatic amines is 1. The highest BCUT2D eigenvalue weighted by atomic mass is 35.5. The number of thioether (sulfide) groups is 1. The number of hydrogen-bond acceptors (Lipinski definition) is 5. The van der Waals surface area contributed by atoms with E-state index in [1.165, 1.54) is 18.1 Å². The van der Waals surface area contributed by atoms with E-state index in [1.807, 2.05) is 13.0 Å². The van der Waals surface area contributed by atoms with Gasteiger partial charge in [-0.15, -0.1) is 0 Å². The lowest BCUT2D eigenvalue weighted by atomic mass is 10.2. The second-order valence-electron chi connectivity index (χ2n) is 5.01. The first-order chi connectivity index (χ1) is 11.5. The minimum atomic E-state index is -0.325. The number of carbonyl (C=O) groups excluding carboxylic acids is 1. The molecule has 1 amide bonds. The van der Waals surface area contributed by atoms with E-state index < -0.39 is 0 Å². The Morgan fingerprint density at radius 3 is 2.92 bits per heavy atom. The summed E-state index contributed by atoms with van der Waals surface area (Å²) in [4.78, 5) is 27.6. The average molecular weight is 382 g/mol. The molecule has 24 heavy (non-hydrogen) atoms. The van der Waals surface area contributed by atoms with Crippen molar-refractivity contribution in [3.63, 3.8) is 0 Å². The summed E-state index contributed by atoms with van der Waals surface area (Å²) in [6, 6.07) is 5.27. The molecule has 124 valence electrons. The molecule has 0 unspecified atom stereocenters. The summed E-state index contributed by atoms with van der Waals surface area (Å²) in [7, 11) is 0. The Kier molecular flexibility index (Phi) is 5.23. The number of benzene rings is 1. The van der Waals surface area contributed by atoms with Crippen LogP contribution in [0.25, 0.3) is 11.2 Å². The van der Waals surface area contributed by atoms with Crippen molar-refractivity contribution < 1.29 is 4.79 Å². The molecule has 0 saturated carbocycles. The summed E-state index contributed by atoms with van der Waals surface area (Å²) in [6.45, 7) is 2.20. The van der Waals surface area contributed by atoms with Gasteiger partial charge in [-0.2, -0.15) is 0 Å². The van der Waals surface area contributed by atoms with E-state index >= 15 is 0 Å². The molecular weight excluding hydrogens is 369 g/mol. The van der Waals surface area contributed by atoms with Crippen LogP contribution in [-0.4, -0.2) is 31.1 Å². The van der Waals surface area contributed by atoms with Crippen LogP contribution < -0.4 is 5.32 Å². The highest BCUT2D eigenvalue weighted by molar-refractivity contribution is 8.00. The molecule has 0 bridgehead atoms. The normalized spacial score (nSPS) is 12.3. The molecular formula is C15H13Cl2N5OS. The Balaban J connectivity index is 1.62. The monoisotopic (exact) mass is 381 g/mol. The molecule has 6 nitrogen and oxygen atoms in total. The summed E-state index contributed by atoms with van der Waals surface area (Å²) in [5, 5.41) is 4.20. The van der Waals surface area contributed by atoms with Crippen LogP contribution in [0, 0.1) is 0 Å². The SMILES string of the molecule is C[C@@H](Sc1ncnc2nc[nH]c12)C(=O)NCc1ccc(Cl)c(Cl)c1. The van der Waals surface area contributed by atoms with Gasteiger partial charge in [0, 0.05) is 6.54 Å². The Bertz CT molecular complexity index is 885. The molecule has 0 fully saturated rings. The molecule has 3 rings (SSSR count). The second-order valence-corrected chi connectivity index (χ2v) is 7.15. The quantitative estimate of drug-likeness (QED) is 0.522. The molecule has 0 radical (unpaired) electrons. The fraction of sp³-hybridized carbons (Fsp3) is 0.200. The van der Waals surface area contributed by atoms with Crippen molar-refractivity contribution in [2.75, 3.05) is 0 Å². The van der Waals surface area contributed by atoms with Gasteiger partial charge in [-0.3, -0.25) is 4.79 Å². The number of rotatable bonds is 5. The zero-order chi connectivity index (χ0) is 17.1. The van der Waals surface area contributed by atoms with Crippen LogP contribution in [-0.2, 0) is 11.3 Å². The maximum absolute atomic E-state index is 12.3. The molecule has 0 aliphatic carbocycles. The van der Waals surface area contributed by atoms with E-state index in [4.69, 9.17) is 23.2 Å². The number of carbonyl (C=O) groups is 1. The molecule has 2 heterocycles. The van der Waals surface area contributed by atoms with Gasteiger partial charge in [0.2, 0.25) is 5.91 Å². The number of nitrogens with zero attached hydrogens (tertiary/aromatic N) is 3. The lowest BCUT2D eigenvalue weighted by Crippen LogP contribution is -2.30. The number of nitrogens with one attached hydrogen (secondary N) is 2. The lowest BCUT2D eigenvalue weighted by Gasteiger charge is -2.12. The van der Waals surface area contributed by atoms with Crippen molar-refractivity contribution in [2.45, 2.75) is 23.7 Å².